The molecule has 0 saturated heterocycles. The monoisotopic (exact) mass is 323 g/mol. The van der Waals surface area contributed by atoms with E-state index < -0.39 is 10.0 Å². The number of hydrogen-bond acceptors (Lipinski definition) is 4. The van der Waals surface area contributed by atoms with E-state index in [0.717, 1.165) is 17.7 Å². The Morgan fingerprint density at radius 3 is 2.91 bits per heavy atom. The number of carbonyl (C=O) groups excluding carboxylic acids is 1. The Morgan fingerprint density at radius 2 is 2.23 bits per heavy atom. The molecule has 0 unspecified atom stereocenters. The molecular formula is C15H21N3O3S. The lowest BCUT2D eigenvalue weighted by Crippen LogP contribution is -2.36. The van der Waals surface area contributed by atoms with Gasteiger partial charge in [0.25, 0.3) is 0 Å². The molecule has 0 spiro atoms. The van der Waals surface area contributed by atoms with Gasteiger partial charge in [-0.25, -0.2) is 13.1 Å². The summed E-state index contributed by atoms with van der Waals surface area (Å²) in [5.74, 6) is -0.104. The van der Waals surface area contributed by atoms with Crippen LogP contribution in [0.3, 0.4) is 0 Å². The first-order valence-corrected chi connectivity index (χ1v) is 8.71. The van der Waals surface area contributed by atoms with Crippen LogP contribution in [0.1, 0.15) is 12.5 Å². The van der Waals surface area contributed by atoms with Crippen molar-refractivity contribution in [3.05, 3.63) is 36.4 Å². The SMILES string of the molecule is C=CCNC(=O)CN1CCc2ccc(S(=O)(=O)NCC)cc21. The summed E-state index contributed by atoms with van der Waals surface area (Å²) in [4.78, 5) is 14.0. The molecule has 0 fully saturated rings. The first-order chi connectivity index (χ1) is 10.5. The average molecular weight is 323 g/mol. The molecule has 0 saturated carbocycles. The van der Waals surface area contributed by atoms with Gasteiger partial charge in [-0.3, -0.25) is 4.79 Å². The number of benzene rings is 1. The first-order valence-electron chi connectivity index (χ1n) is 7.23. The summed E-state index contributed by atoms with van der Waals surface area (Å²) in [6.07, 6.45) is 2.43. The van der Waals surface area contributed by atoms with Crippen LogP contribution < -0.4 is 14.9 Å². The van der Waals surface area contributed by atoms with Crippen LogP contribution in [0.2, 0.25) is 0 Å². The Hall–Kier alpha value is -1.86. The number of rotatable bonds is 7. The molecule has 0 bridgehead atoms. The third-order valence-electron chi connectivity index (χ3n) is 3.47. The lowest BCUT2D eigenvalue weighted by Gasteiger charge is -2.19. The number of amides is 1. The smallest absolute Gasteiger partial charge is 0.240 e. The van der Waals surface area contributed by atoms with Crippen LogP contribution in [-0.4, -0.2) is 40.5 Å². The number of hydrogen-bond donors (Lipinski definition) is 2. The van der Waals surface area contributed by atoms with Crippen LogP contribution in [0, 0.1) is 0 Å². The van der Waals surface area contributed by atoms with Crippen LogP contribution >= 0.6 is 0 Å². The van der Waals surface area contributed by atoms with E-state index in [1.165, 1.54) is 0 Å². The first kappa shape index (κ1) is 16.5. The molecule has 120 valence electrons. The molecule has 1 aliphatic heterocycles. The highest BCUT2D eigenvalue weighted by Gasteiger charge is 2.23. The summed E-state index contributed by atoms with van der Waals surface area (Å²) in [6.45, 7) is 6.98. The molecule has 0 radical (unpaired) electrons. The molecule has 7 heteroatoms. The van der Waals surface area contributed by atoms with Gasteiger partial charge < -0.3 is 10.2 Å². The fourth-order valence-corrected chi connectivity index (χ4v) is 3.51. The average Bonchev–Trinajstić information content (AvgIpc) is 2.87. The molecule has 0 aromatic heterocycles. The minimum absolute atomic E-state index is 0.104. The van der Waals surface area contributed by atoms with Crippen molar-refractivity contribution < 1.29 is 13.2 Å². The highest BCUT2D eigenvalue weighted by Crippen LogP contribution is 2.30. The third kappa shape index (κ3) is 3.66. The molecule has 0 aliphatic carbocycles. The van der Waals surface area contributed by atoms with Crippen molar-refractivity contribution in [2.75, 3.05) is 31.1 Å². The number of sulfonamides is 1. The zero-order chi connectivity index (χ0) is 16.2. The van der Waals surface area contributed by atoms with Crippen molar-refractivity contribution in [2.45, 2.75) is 18.2 Å². The van der Waals surface area contributed by atoms with Gasteiger partial charge in [0.2, 0.25) is 15.9 Å². The van der Waals surface area contributed by atoms with Crippen LogP contribution in [0.15, 0.2) is 35.7 Å². The standard InChI is InChI=1S/C15H21N3O3S/c1-3-8-16-15(19)11-18-9-7-12-5-6-13(10-14(12)18)22(20,21)17-4-2/h3,5-6,10,17H,1,4,7-9,11H2,2H3,(H,16,19). The minimum atomic E-state index is -3.49. The number of nitrogens with zero attached hydrogens (tertiary/aromatic N) is 1. The highest BCUT2D eigenvalue weighted by molar-refractivity contribution is 7.89. The summed E-state index contributed by atoms with van der Waals surface area (Å²) in [7, 11) is -3.49. The minimum Gasteiger partial charge on any atom is -0.362 e. The van der Waals surface area contributed by atoms with Gasteiger partial charge in [0.05, 0.1) is 11.4 Å². The molecule has 2 rings (SSSR count). The van der Waals surface area contributed by atoms with E-state index in [2.05, 4.69) is 16.6 Å². The van der Waals surface area contributed by atoms with Crippen molar-refractivity contribution in [3.8, 4) is 0 Å². The van der Waals surface area contributed by atoms with Crippen molar-refractivity contribution in [1.29, 1.82) is 0 Å². The van der Waals surface area contributed by atoms with E-state index in [4.69, 9.17) is 0 Å². The second kappa shape index (κ2) is 6.93. The zero-order valence-corrected chi connectivity index (χ0v) is 13.4. The molecule has 6 nitrogen and oxygen atoms in total. The van der Waals surface area contributed by atoms with Crippen LogP contribution in [0.5, 0.6) is 0 Å². The summed E-state index contributed by atoms with van der Waals surface area (Å²) < 4.78 is 26.6. The van der Waals surface area contributed by atoms with Gasteiger partial charge in [0.1, 0.15) is 0 Å². The fourth-order valence-electron chi connectivity index (χ4n) is 2.45. The van der Waals surface area contributed by atoms with Gasteiger partial charge in [0, 0.05) is 25.3 Å². The van der Waals surface area contributed by atoms with Crippen LogP contribution in [0.25, 0.3) is 0 Å². The largest absolute Gasteiger partial charge is 0.362 e. The second-order valence-electron chi connectivity index (χ2n) is 5.06. The molecule has 1 heterocycles. The van der Waals surface area contributed by atoms with Gasteiger partial charge in [-0.2, -0.15) is 0 Å². The number of nitrogens with one attached hydrogen (secondary N) is 2. The molecule has 1 amide bonds. The number of anilines is 1. The molecule has 2 N–H and O–H groups in total. The van der Waals surface area contributed by atoms with E-state index in [1.807, 2.05) is 11.0 Å². The normalized spacial score (nSPS) is 13.8. The third-order valence-corrected chi connectivity index (χ3v) is 5.01. The molecule has 1 aromatic rings. The molecule has 22 heavy (non-hydrogen) atoms. The lowest BCUT2D eigenvalue weighted by molar-refractivity contribution is -0.119. The van der Waals surface area contributed by atoms with Crippen molar-refractivity contribution >= 4 is 21.6 Å². The summed E-state index contributed by atoms with van der Waals surface area (Å²) in [6, 6.07) is 5.07. The van der Waals surface area contributed by atoms with E-state index in [0.29, 0.717) is 19.6 Å². The van der Waals surface area contributed by atoms with E-state index in [1.54, 1.807) is 25.1 Å². The van der Waals surface area contributed by atoms with Gasteiger partial charge in [-0.1, -0.05) is 19.1 Å². The Balaban J connectivity index is 2.19. The van der Waals surface area contributed by atoms with Gasteiger partial charge in [0.15, 0.2) is 0 Å². The molecule has 0 atom stereocenters. The molecular weight excluding hydrogens is 302 g/mol. The Bertz CT molecular complexity index is 671. The fraction of sp³-hybridized carbons (Fsp3) is 0.400. The maximum atomic E-state index is 12.1. The van der Waals surface area contributed by atoms with Gasteiger partial charge in [-0.05, 0) is 24.1 Å². The van der Waals surface area contributed by atoms with Crippen molar-refractivity contribution in [3.63, 3.8) is 0 Å². The maximum Gasteiger partial charge on any atom is 0.240 e. The van der Waals surface area contributed by atoms with Gasteiger partial charge in [-0.15, -0.1) is 6.58 Å². The maximum absolute atomic E-state index is 12.1. The number of carbonyl (C=O) groups is 1. The van der Waals surface area contributed by atoms with Crippen LogP contribution in [-0.2, 0) is 21.2 Å². The predicted octanol–water partition coefficient (Wildman–Crippen LogP) is 0.649. The summed E-state index contributed by atoms with van der Waals surface area (Å²) >= 11 is 0. The Kier molecular flexibility index (Phi) is 5.20. The molecule has 1 aliphatic rings. The lowest BCUT2D eigenvalue weighted by atomic mass is 10.2. The van der Waals surface area contributed by atoms with E-state index >= 15 is 0 Å². The summed E-state index contributed by atoms with van der Waals surface area (Å²) in [5, 5.41) is 2.73. The van der Waals surface area contributed by atoms with E-state index in [-0.39, 0.29) is 17.3 Å². The predicted molar refractivity (Wildman–Crippen MR) is 86.4 cm³/mol. The van der Waals surface area contributed by atoms with Crippen molar-refractivity contribution in [2.24, 2.45) is 0 Å². The van der Waals surface area contributed by atoms with Crippen LogP contribution in [0.4, 0.5) is 5.69 Å². The zero-order valence-electron chi connectivity index (χ0n) is 12.6. The number of fused-ring (bicyclic) bond motifs is 1. The molecule has 1 aromatic carbocycles. The quantitative estimate of drug-likeness (QED) is 0.722. The summed E-state index contributed by atoms with van der Waals surface area (Å²) in [5.41, 5.74) is 1.87. The van der Waals surface area contributed by atoms with E-state index in [9.17, 15) is 13.2 Å². The van der Waals surface area contributed by atoms with Crippen molar-refractivity contribution in [1.82, 2.24) is 10.0 Å². The Labute approximate surface area is 131 Å². The van der Waals surface area contributed by atoms with Gasteiger partial charge >= 0.3 is 0 Å². The topological polar surface area (TPSA) is 78.5 Å². The second-order valence-corrected chi connectivity index (χ2v) is 6.82. The Morgan fingerprint density at radius 1 is 1.45 bits per heavy atom. The highest BCUT2D eigenvalue weighted by atomic mass is 32.2.